The minimum absolute atomic E-state index is 0.297. The van der Waals surface area contributed by atoms with E-state index in [-0.39, 0.29) is 5.97 Å². The molecule has 0 aliphatic heterocycles. The Kier molecular flexibility index (Phi) is 3.92. The van der Waals surface area contributed by atoms with Gasteiger partial charge in [-0.2, -0.15) is 0 Å². The first-order valence-electron chi connectivity index (χ1n) is 4.64. The van der Waals surface area contributed by atoms with Crippen LogP contribution in [-0.4, -0.2) is 12.6 Å². The maximum atomic E-state index is 11.0. The number of ether oxygens (including phenoxy) is 1. The summed E-state index contributed by atoms with van der Waals surface area (Å²) in [6, 6.07) is 7.93. The molecule has 0 heterocycles. The van der Waals surface area contributed by atoms with Gasteiger partial charge in [-0.05, 0) is 25.5 Å². The zero-order valence-corrected chi connectivity index (χ0v) is 8.49. The molecule has 0 aliphatic carbocycles. The van der Waals surface area contributed by atoms with Gasteiger partial charge in [0.15, 0.2) is 0 Å². The van der Waals surface area contributed by atoms with E-state index in [1.807, 2.05) is 31.2 Å². The number of esters is 1. The van der Waals surface area contributed by atoms with Crippen molar-refractivity contribution in [2.24, 2.45) is 0 Å². The summed E-state index contributed by atoms with van der Waals surface area (Å²) in [7, 11) is 0. The number of carbonyl (C=O) groups is 1. The normalized spacial score (nSPS) is 10.4. The lowest BCUT2D eigenvalue weighted by Gasteiger charge is -1.96. The van der Waals surface area contributed by atoms with E-state index in [2.05, 4.69) is 0 Å². The smallest absolute Gasteiger partial charge is 0.330 e. The number of benzene rings is 1. The highest BCUT2D eigenvalue weighted by Crippen LogP contribution is 2.05. The minimum Gasteiger partial charge on any atom is -0.463 e. The Balaban J connectivity index is 2.64. The van der Waals surface area contributed by atoms with Crippen molar-refractivity contribution in [2.45, 2.75) is 13.8 Å². The van der Waals surface area contributed by atoms with Crippen molar-refractivity contribution >= 4 is 12.0 Å². The summed E-state index contributed by atoms with van der Waals surface area (Å²) >= 11 is 0. The van der Waals surface area contributed by atoms with Crippen LogP contribution in [0.2, 0.25) is 0 Å². The second-order valence-electron chi connectivity index (χ2n) is 3.00. The van der Waals surface area contributed by atoms with Crippen molar-refractivity contribution in [3.05, 3.63) is 41.5 Å². The second kappa shape index (κ2) is 5.22. The van der Waals surface area contributed by atoms with Crippen molar-refractivity contribution in [2.75, 3.05) is 6.61 Å². The highest BCUT2D eigenvalue weighted by molar-refractivity contribution is 5.87. The molecule has 0 N–H and O–H groups in total. The van der Waals surface area contributed by atoms with Crippen LogP contribution >= 0.6 is 0 Å². The highest BCUT2D eigenvalue weighted by Gasteiger charge is 1.93. The molecule has 0 bridgehead atoms. The largest absolute Gasteiger partial charge is 0.463 e. The lowest BCUT2D eigenvalue weighted by molar-refractivity contribution is -0.137. The van der Waals surface area contributed by atoms with Crippen LogP contribution in [0.4, 0.5) is 0 Å². The summed E-state index contributed by atoms with van der Waals surface area (Å²) in [5, 5.41) is 0. The molecular weight excluding hydrogens is 176 g/mol. The SMILES string of the molecule is CCOC(=O)/C=C\c1cccc(C)c1. The molecule has 0 radical (unpaired) electrons. The van der Waals surface area contributed by atoms with Crippen molar-refractivity contribution < 1.29 is 9.53 Å². The van der Waals surface area contributed by atoms with Gasteiger partial charge in [0, 0.05) is 6.08 Å². The zero-order chi connectivity index (χ0) is 10.4. The monoisotopic (exact) mass is 190 g/mol. The lowest BCUT2D eigenvalue weighted by atomic mass is 10.1. The third-order valence-electron chi connectivity index (χ3n) is 1.74. The Morgan fingerprint density at radius 2 is 2.29 bits per heavy atom. The van der Waals surface area contributed by atoms with Crippen LogP contribution in [0.15, 0.2) is 30.3 Å². The van der Waals surface area contributed by atoms with Crippen molar-refractivity contribution in [3.63, 3.8) is 0 Å². The molecule has 74 valence electrons. The summed E-state index contributed by atoms with van der Waals surface area (Å²) in [5.41, 5.74) is 2.19. The molecule has 0 saturated carbocycles. The molecule has 0 saturated heterocycles. The quantitative estimate of drug-likeness (QED) is 0.541. The van der Waals surface area contributed by atoms with Gasteiger partial charge in [0.2, 0.25) is 0 Å². The fraction of sp³-hybridized carbons (Fsp3) is 0.250. The van der Waals surface area contributed by atoms with Crippen LogP contribution in [0, 0.1) is 6.92 Å². The van der Waals surface area contributed by atoms with Crippen LogP contribution < -0.4 is 0 Å². The van der Waals surface area contributed by atoms with E-state index in [4.69, 9.17) is 4.74 Å². The number of hydrogen-bond acceptors (Lipinski definition) is 2. The number of carbonyl (C=O) groups excluding carboxylic acids is 1. The first-order valence-corrected chi connectivity index (χ1v) is 4.64. The molecule has 0 spiro atoms. The van der Waals surface area contributed by atoms with Gasteiger partial charge in [-0.3, -0.25) is 0 Å². The summed E-state index contributed by atoms with van der Waals surface area (Å²) in [6.45, 7) is 4.22. The molecule has 1 aromatic carbocycles. The fourth-order valence-electron chi connectivity index (χ4n) is 1.13. The molecule has 2 nitrogen and oxygen atoms in total. The maximum Gasteiger partial charge on any atom is 0.330 e. The first-order chi connectivity index (χ1) is 6.72. The first kappa shape index (κ1) is 10.5. The van der Waals surface area contributed by atoms with E-state index in [9.17, 15) is 4.79 Å². The van der Waals surface area contributed by atoms with Crippen molar-refractivity contribution in [3.8, 4) is 0 Å². The van der Waals surface area contributed by atoms with Gasteiger partial charge >= 0.3 is 5.97 Å². The Morgan fingerprint density at radius 1 is 1.50 bits per heavy atom. The lowest BCUT2D eigenvalue weighted by Crippen LogP contribution is -1.98. The Morgan fingerprint density at radius 3 is 2.93 bits per heavy atom. The Hall–Kier alpha value is -1.57. The maximum absolute atomic E-state index is 11.0. The van der Waals surface area contributed by atoms with Crippen LogP contribution in [0.25, 0.3) is 6.08 Å². The summed E-state index contributed by atoms with van der Waals surface area (Å²) < 4.78 is 4.77. The predicted octanol–water partition coefficient (Wildman–Crippen LogP) is 2.57. The summed E-state index contributed by atoms with van der Waals surface area (Å²) in [4.78, 5) is 11.0. The van der Waals surface area contributed by atoms with E-state index in [1.54, 1.807) is 13.0 Å². The molecular formula is C12H14O2. The van der Waals surface area contributed by atoms with E-state index < -0.39 is 0 Å². The van der Waals surface area contributed by atoms with Gasteiger partial charge in [-0.25, -0.2) is 4.79 Å². The van der Waals surface area contributed by atoms with Gasteiger partial charge in [-0.15, -0.1) is 0 Å². The van der Waals surface area contributed by atoms with Gasteiger partial charge in [0.05, 0.1) is 6.61 Å². The van der Waals surface area contributed by atoms with Crippen LogP contribution in [-0.2, 0) is 9.53 Å². The Bertz CT molecular complexity index is 340. The number of aryl methyl sites for hydroxylation is 1. The topological polar surface area (TPSA) is 26.3 Å². The molecule has 0 aliphatic rings. The minimum atomic E-state index is -0.297. The molecule has 1 aromatic rings. The van der Waals surface area contributed by atoms with Gasteiger partial charge in [0.1, 0.15) is 0 Å². The van der Waals surface area contributed by atoms with E-state index >= 15 is 0 Å². The van der Waals surface area contributed by atoms with Crippen LogP contribution in [0.3, 0.4) is 0 Å². The molecule has 2 heteroatoms. The molecule has 0 aromatic heterocycles. The highest BCUT2D eigenvalue weighted by atomic mass is 16.5. The molecule has 14 heavy (non-hydrogen) atoms. The Labute approximate surface area is 84.2 Å². The summed E-state index contributed by atoms with van der Waals surface area (Å²) in [5.74, 6) is -0.297. The molecule has 0 fully saturated rings. The van der Waals surface area contributed by atoms with Gasteiger partial charge in [-0.1, -0.05) is 29.8 Å². The third kappa shape index (κ3) is 3.44. The number of hydrogen-bond donors (Lipinski definition) is 0. The van der Waals surface area contributed by atoms with Crippen LogP contribution in [0.5, 0.6) is 0 Å². The second-order valence-corrected chi connectivity index (χ2v) is 3.00. The summed E-state index contributed by atoms with van der Waals surface area (Å²) in [6.07, 6.45) is 3.20. The molecule has 0 unspecified atom stereocenters. The van der Waals surface area contributed by atoms with E-state index in [0.29, 0.717) is 6.61 Å². The fourth-order valence-corrected chi connectivity index (χ4v) is 1.13. The molecule has 0 amide bonds. The standard InChI is InChI=1S/C12H14O2/c1-3-14-12(13)8-7-11-6-4-5-10(2)9-11/h4-9H,3H2,1-2H3/b8-7-. The average molecular weight is 190 g/mol. The van der Waals surface area contributed by atoms with Gasteiger partial charge in [0.25, 0.3) is 0 Å². The van der Waals surface area contributed by atoms with Gasteiger partial charge < -0.3 is 4.74 Å². The third-order valence-corrected chi connectivity index (χ3v) is 1.74. The molecule has 0 atom stereocenters. The average Bonchev–Trinajstić information content (AvgIpc) is 2.15. The van der Waals surface area contributed by atoms with E-state index in [1.165, 1.54) is 11.6 Å². The number of rotatable bonds is 3. The van der Waals surface area contributed by atoms with Crippen LogP contribution in [0.1, 0.15) is 18.1 Å². The molecule has 1 rings (SSSR count). The predicted molar refractivity (Wildman–Crippen MR) is 56.8 cm³/mol. The van der Waals surface area contributed by atoms with Crippen molar-refractivity contribution in [1.29, 1.82) is 0 Å². The zero-order valence-electron chi connectivity index (χ0n) is 8.49. The van der Waals surface area contributed by atoms with Crippen molar-refractivity contribution in [1.82, 2.24) is 0 Å². The van der Waals surface area contributed by atoms with E-state index in [0.717, 1.165) is 5.56 Å².